The average molecular weight is 557 g/mol. The number of ether oxygens (including phenoxy) is 1. The summed E-state index contributed by atoms with van der Waals surface area (Å²) in [4.78, 5) is 18.5. The van der Waals surface area contributed by atoms with E-state index >= 15 is 0 Å². The van der Waals surface area contributed by atoms with Gasteiger partial charge in [-0.1, -0.05) is 43.3 Å². The van der Waals surface area contributed by atoms with Crippen molar-refractivity contribution in [3.05, 3.63) is 68.8 Å². The van der Waals surface area contributed by atoms with E-state index in [-0.39, 0.29) is 5.91 Å². The van der Waals surface area contributed by atoms with Crippen LogP contribution in [0.25, 0.3) is 0 Å². The molecule has 0 saturated heterocycles. The van der Waals surface area contributed by atoms with Crippen molar-refractivity contribution in [3.63, 3.8) is 0 Å². The molecule has 0 saturated carbocycles. The van der Waals surface area contributed by atoms with Crippen molar-refractivity contribution in [2.24, 2.45) is 0 Å². The Morgan fingerprint density at radius 1 is 1.26 bits per heavy atom. The Labute approximate surface area is 218 Å². The fourth-order valence-electron chi connectivity index (χ4n) is 4.03. The Balaban J connectivity index is 1.77. The summed E-state index contributed by atoms with van der Waals surface area (Å²) < 4.78 is 8.05. The molecule has 3 aromatic rings. The number of unbranched alkanes of at least 4 members (excludes halogenated alkanes) is 1. The topological polar surface area (TPSA) is 81.1 Å². The number of halogens is 1. The van der Waals surface area contributed by atoms with Crippen LogP contribution in [0.2, 0.25) is 0 Å². The zero-order valence-electron chi connectivity index (χ0n) is 20.6. The van der Waals surface area contributed by atoms with E-state index in [1.807, 2.05) is 61.9 Å². The fraction of sp³-hybridized carbons (Fsp3) is 0.346. The summed E-state index contributed by atoms with van der Waals surface area (Å²) in [5.41, 5.74) is 5.20. The lowest BCUT2D eigenvalue weighted by Gasteiger charge is -2.29. The quantitative estimate of drug-likeness (QED) is 0.244. The molecule has 0 aliphatic carbocycles. The van der Waals surface area contributed by atoms with Gasteiger partial charge in [0.15, 0.2) is 0 Å². The van der Waals surface area contributed by atoms with Gasteiger partial charge in [0.25, 0.3) is 5.91 Å². The Morgan fingerprint density at radius 3 is 2.77 bits per heavy atom. The summed E-state index contributed by atoms with van der Waals surface area (Å²) in [5, 5.41) is 11.9. The van der Waals surface area contributed by atoms with Crippen molar-refractivity contribution >= 4 is 45.2 Å². The van der Waals surface area contributed by atoms with Crippen molar-refractivity contribution in [1.82, 2.24) is 14.8 Å². The Bertz CT molecular complexity index is 1290. The third-order valence-electron chi connectivity index (χ3n) is 6.15. The molecule has 35 heavy (non-hydrogen) atoms. The summed E-state index contributed by atoms with van der Waals surface area (Å²) >= 11 is 5.23. The first kappa shape index (κ1) is 25.3. The Morgan fingerprint density at radius 2 is 2.06 bits per heavy atom. The van der Waals surface area contributed by atoms with Crippen LogP contribution in [0.1, 0.15) is 49.4 Å². The third-order valence-corrected chi connectivity index (χ3v) is 7.69. The highest BCUT2D eigenvalue weighted by atomic mass is 79.9. The number of carbonyl (C=O) groups is 1. The van der Waals surface area contributed by atoms with Crippen LogP contribution in [-0.4, -0.2) is 33.5 Å². The molecule has 0 radical (unpaired) electrons. The monoisotopic (exact) mass is 555 g/mol. The van der Waals surface area contributed by atoms with E-state index in [1.165, 1.54) is 0 Å². The molecule has 7 nitrogen and oxygen atoms in total. The third kappa shape index (κ3) is 5.26. The number of nitrogens with zero attached hydrogens (tertiary/aromatic N) is 3. The summed E-state index contributed by atoms with van der Waals surface area (Å²) in [6.07, 6.45) is 2.21. The van der Waals surface area contributed by atoms with Gasteiger partial charge < -0.3 is 15.4 Å². The van der Waals surface area contributed by atoms with Gasteiger partial charge in [-0.2, -0.15) is 4.98 Å². The smallest absolute Gasteiger partial charge is 0.255 e. The molecule has 1 aliphatic rings. The minimum absolute atomic E-state index is 0.179. The van der Waals surface area contributed by atoms with Gasteiger partial charge in [0.2, 0.25) is 11.1 Å². The maximum atomic E-state index is 13.7. The van der Waals surface area contributed by atoms with Crippen molar-refractivity contribution in [2.75, 3.05) is 23.5 Å². The normalized spacial score (nSPS) is 15.0. The van der Waals surface area contributed by atoms with Crippen LogP contribution < -0.4 is 15.4 Å². The van der Waals surface area contributed by atoms with E-state index in [0.717, 1.165) is 56.9 Å². The van der Waals surface area contributed by atoms with Gasteiger partial charge in [0.1, 0.15) is 11.8 Å². The van der Waals surface area contributed by atoms with E-state index in [4.69, 9.17) is 14.8 Å². The number of carbonyl (C=O) groups excluding carboxylic acids is 1. The number of hydrogen-bond donors (Lipinski definition) is 2. The summed E-state index contributed by atoms with van der Waals surface area (Å²) in [6.45, 7) is 8.12. The number of amides is 1. The molecule has 1 amide bonds. The van der Waals surface area contributed by atoms with Crippen LogP contribution in [0.4, 0.5) is 11.6 Å². The molecule has 4 rings (SSSR count). The number of benzene rings is 2. The number of anilines is 2. The van der Waals surface area contributed by atoms with Gasteiger partial charge in [-0.3, -0.25) is 4.79 Å². The average Bonchev–Trinajstić information content (AvgIpc) is 3.23. The minimum Gasteiger partial charge on any atom is -0.496 e. The lowest BCUT2D eigenvalue weighted by molar-refractivity contribution is -0.113. The first-order valence-electron chi connectivity index (χ1n) is 11.6. The number of hydrogen-bond acceptors (Lipinski definition) is 6. The highest BCUT2D eigenvalue weighted by Gasteiger charge is 2.35. The summed E-state index contributed by atoms with van der Waals surface area (Å²) in [7, 11) is 1.63. The van der Waals surface area contributed by atoms with Gasteiger partial charge in [-0.05, 0) is 78.0 Å². The SMILES string of the molecule is CCCCSc1nc2n(n1)C(c1ccc(OC)c(Br)c1)C(C(=O)Nc1cccc(C)c1C)=C(C)N2. The molecular weight excluding hydrogens is 526 g/mol. The van der Waals surface area contributed by atoms with Gasteiger partial charge in [-0.25, -0.2) is 4.68 Å². The maximum Gasteiger partial charge on any atom is 0.255 e. The molecule has 1 unspecified atom stereocenters. The van der Waals surface area contributed by atoms with Crippen molar-refractivity contribution in [2.45, 2.75) is 51.7 Å². The predicted molar refractivity (Wildman–Crippen MR) is 145 cm³/mol. The van der Waals surface area contributed by atoms with Crippen molar-refractivity contribution < 1.29 is 9.53 Å². The summed E-state index contributed by atoms with van der Waals surface area (Å²) in [6, 6.07) is 11.3. The van der Waals surface area contributed by atoms with Crippen LogP contribution in [0, 0.1) is 13.8 Å². The molecule has 0 spiro atoms. The number of allylic oxidation sites excluding steroid dienone is 1. The van der Waals surface area contributed by atoms with Gasteiger partial charge in [-0.15, -0.1) is 5.10 Å². The zero-order chi connectivity index (χ0) is 25.1. The number of thioether (sulfide) groups is 1. The maximum absolute atomic E-state index is 13.7. The van der Waals surface area contributed by atoms with Gasteiger partial charge >= 0.3 is 0 Å². The number of rotatable bonds is 8. The standard InChI is InChI=1S/C26H30BrN5O2S/c1-6-7-13-35-26-30-25-28-17(4)22(24(33)29-20-10-8-9-15(2)16(20)3)23(32(25)31-26)18-11-12-21(34-5)19(27)14-18/h8-12,14,23H,6-7,13H2,1-5H3,(H,29,33)(H,28,30,31). The molecule has 1 aliphatic heterocycles. The lowest BCUT2D eigenvalue weighted by Crippen LogP contribution is -2.31. The molecule has 1 aromatic heterocycles. The van der Waals surface area contributed by atoms with E-state index in [0.29, 0.717) is 16.7 Å². The van der Waals surface area contributed by atoms with E-state index < -0.39 is 6.04 Å². The summed E-state index contributed by atoms with van der Waals surface area (Å²) in [5.74, 6) is 2.12. The van der Waals surface area contributed by atoms with Crippen LogP contribution in [-0.2, 0) is 4.79 Å². The molecular formula is C26H30BrN5O2S. The number of fused-ring (bicyclic) bond motifs is 1. The van der Waals surface area contributed by atoms with Gasteiger partial charge in [0.05, 0.1) is 17.2 Å². The van der Waals surface area contributed by atoms with Crippen molar-refractivity contribution in [1.29, 1.82) is 0 Å². The molecule has 0 fully saturated rings. The molecule has 184 valence electrons. The largest absolute Gasteiger partial charge is 0.496 e. The van der Waals surface area contributed by atoms with Crippen LogP contribution >= 0.6 is 27.7 Å². The first-order chi connectivity index (χ1) is 16.8. The van der Waals surface area contributed by atoms with E-state index in [9.17, 15) is 4.79 Å². The second-order valence-electron chi connectivity index (χ2n) is 8.53. The second-order valence-corrected chi connectivity index (χ2v) is 10.4. The lowest BCUT2D eigenvalue weighted by atomic mass is 9.94. The minimum atomic E-state index is -0.452. The van der Waals surface area contributed by atoms with Crippen LogP contribution in [0.15, 0.2) is 57.3 Å². The Hall–Kier alpha value is -2.78. The molecule has 2 heterocycles. The van der Waals surface area contributed by atoms with Gasteiger partial charge in [0, 0.05) is 17.1 Å². The molecule has 0 bridgehead atoms. The second kappa shape index (κ2) is 10.9. The molecule has 2 aromatic carbocycles. The zero-order valence-corrected chi connectivity index (χ0v) is 23.0. The van der Waals surface area contributed by atoms with E-state index in [2.05, 4.69) is 33.5 Å². The molecule has 1 atom stereocenters. The highest BCUT2D eigenvalue weighted by Crippen LogP contribution is 2.39. The first-order valence-corrected chi connectivity index (χ1v) is 13.4. The number of methoxy groups -OCH3 is 1. The number of nitrogens with one attached hydrogen (secondary N) is 2. The van der Waals surface area contributed by atoms with E-state index in [1.54, 1.807) is 18.9 Å². The fourth-order valence-corrected chi connectivity index (χ4v) is 5.50. The molecule has 2 N–H and O–H groups in total. The number of aromatic nitrogens is 3. The molecule has 9 heteroatoms. The number of aryl methyl sites for hydroxylation is 1. The van der Waals surface area contributed by atoms with Crippen LogP contribution in [0.3, 0.4) is 0 Å². The Kier molecular flexibility index (Phi) is 7.86. The van der Waals surface area contributed by atoms with Crippen molar-refractivity contribution in [3.8, 4) is 5.75 Å². The predicted octanol–water partition coefficient (Wildman–Crippen LogP) is 6.49. The van der Waals surface area contributed by atoms with Crippen LogP contribution in [0.5, 0.6) is 5.75 Å². The highest BCUT2D eigenvalue weighted by molar-refractivity contribution is 9.10.